The molecule has 0 aliphatic heterocycles. The smallest absolute Gasteiger partial charge is 0.327 e. The number of rotatable bonds is 6. The maximum atomic E-state index is 13.4. The Balaban J connectivity index is 1.99. The number of hydrogen-bond donors (Lipinski definition) is 1. The van der Waals surface area contributed by atoms with Gasteiger partial charge in [-0.2, -0.15) is 4.39 Å². The Labute approximate surface area is 113 Å². The van der Waals surface area contributed by atoms with Crippen LogP contribution in [0.2, 0.25) is 0 Å². The lowest BCUT2D eigenvalue weighted by molar-refractivity contribution is -0.386. The van der Waals surface area contributed by atoms with Crippen molar-refractivity contribution in [3.63, 3.8) is 0 Å². The van der Waals surface area contributed by atoms with E-state index in [4.69, 9.17) is 0 Å². The molecule has 20 heavy (non-hydrogen) atoms. The first-order valence-corrected chi connectivity index (χ1v) is 5.91. The molecule has 0 saturated carbocycles. The zero-order valence-corrected chi connectivity index (χ0v) is 10.4. The molecule has 0 radical (unpaired) electrons. The predicted octanol–water partition coefficient (Wildman–Crippen LogP) is 2.57. The number of nitro benzene ring substituents is 1. The number of imidazole rings is 1. The number of aromatic nitrogens is 2. The Bertz CT molecular complexity index is 602. The van der Waals surface area contributed by atoms with E-state index in [1.807, 2.05) is 4.57 Å². The van der Waals surface area contributed by atoms with Crippen LogP contribution in [0.4, 0.5) is 20.2 Å². The number of aryl methyl sites for hydroxylation is 1. The normalized spacial score (nSPS) is 10.5. The maximum absolute atomic E-state index is 13.4. The van der Waals surface area contributed by atoms with E-state index in [9.17, 15) is 18.9 Å². The van der Waals surface area contributed by atoms with Gasteiger partial charge in [0.2, 0.25) is 5.82 Å². The fraction of sp³-hybridized carbons (Fsp3) is 0.250. The zero-order valence-electron chi connectivity index (χ0n) is 10.4. The Morgan fingerprint density at radius 3 is 2.85 bits per heavy atom. The van der Waals surface area contributed by atoms with E-state index >= 15 is 0 Å². The van der Waals surface area contributed by atoms with E-state index in [1.54, 1.807) is 18.7 Å². The fourth-order valence-electron chi connectivity index (χ4n) is 1.79. The van der Waals surface area contributed by atoms with Gasteiger partial charge < -0.3 is 9.88 Å². The standard InChI is InChI=1S/C12H12F2N4O2/c13-9-6-10(14)12(18(19)20)11(7-9)16-2-1-4-17-5-3-15-8-17/h3,5-8,16H,1-2,4H2. The van der Waals surface area contributed by atoms with Gasteiger partial charge in [-0.25, -0.2) is 9.37 Å². The minimum Gasteiger partial charge on any atom is -0.379 e. The molecule has 1 aromatic heterocycles. The summed E-state index contributed by atoms with van der Waals surface area (Å²) < 4.78 is 28.3. The van der Waals surface area contributed by atoms with Crippen LogP contribution in [0.1, 0.15) is 6.42 Å². The minimum absolute atomic E-state index is 0.155. The zero-order chi connectivity index (χ0) is 14.5. The highest BCUT2D eigenvalue weighted by molar-refractivity contribution is 5.62. The molecule has 1 N–H and O–H groups in total. The Morgan fingerprint density at radius 1 is 1.40 bits per heavy atom. The summed E-state index contributed by atoms with van der Waals surface area (Å²) in [6.07, 6.45) is 5.69. The number of benzene rings is 1. The summed E-state index contributed by atoms with van der Waals surface area (Å²) in [7, 11) is 0. The van der Waals surface area contributed by atoms with Crippen LogP contribution in [0.3, 0.4) is 0 Å². The second-order valence-electron chi connectivity index (χ2n) is 4.12. The summed E-state index contributed by atoms with van der Waals surface area (Å²) in [6.45, 7) is 1.00. The molecule has 0 bridgehead atoms. The van der Waals surface area contributed by atoms with E-state index in [0.717, 1.165) is 6.07 Å². The van der Waals surface area contributed by atoms with Gasteiger partial charge in [-0.15, -0.1) is 0 Å². The molecule has 0 amide bonds. The van der Waals surface area contributed by atoms with Crippen molar-refractivity contribution in [1.29, 1.82) is 0 Å². The Morgan fingerprint density at radius 2 is 2.20 bits per heavy atom. The van der Waals surface area contributed by atoms with E-state index < -0.39 is 22.2 Å². The second-order valence-corrected chi connectivity index (χ2v) is 4.12. The first kappa shape index (κ1) is 13.9. The van der Waals surface area contributed by atoms with Crippen LogP contribution < -0.4 is 5.32 Å². The molecule has 0 spiro atoms. The lowest BCUT2D eigenvalue weighted by Crippen LogP contribution is -2.08. The summed E-state index contributed by atoms with van der Waals surface area (Å²) in [5, 5.41) is 13.4. The fourth-order valence-corrected chi connectivity index (χ4v) is 1.79. The van der Waals surface area contributed by atoms with Gasteiger partial charge in [0.05, 0.1) is 11.3 Å². The van der Waals surface area contributed by atoms with Crippen LogP contribution in [-0.4, -0.2) is 21.0 Å². The molecule has 6 nitrogen and oxygen atoms in total. The lowest BCUT2D eigenvalue weighted by Gasteiger charge is -2.08. The van der Waals surface area contributed by atoms with Crippen molar-refractivity contribution in [2.24, 2.45) is 0 Å². The van der Waals surface area contributed by atoms with Crippen molar-refractivity contribution in [1.82, 2.24) is 9.55 Å². The largest absolute Gasteiger partial charge is 0.379 e. The van der Waals surface area contributed by atoms with Crippen molar-refractivity contribution in [3.8, 4) is 0 Å². The number of halogens is 2. The van der Waals surface area contributed by atoms with E-state index in [1.165, 1.54) is 0 Å². The van der Waals surface area contributed by atoms with Crippen LogP contribution in [0.15, 0.2) is 30.9 Å². The van der Waals surface area contributed by atoms with Gasteiger partial charge >= 0.3 is 5.69 Å². The first-order valence-electron chi connectivity index (χ1n) is 5.91. The van der Waals surface area contributed by atoms with Gasteiger partial charge in [-0.05, 0) is 6.42 Å². The molecule has 1 heterocycles. The van der Waals surface area contributed by atoms with Gasteiger partial charge in [0.15, 0.2) is 0 Å². The van der Waals surface area contributed by atoms with Crippen LogP contribution in [0, 0.1) is 21.7 Å². The molecule has 2 rings (SSSR count). The van der Waals surface area contributed by atoms with Crippen molar-refractivity contribution >= 4 is 11.4 Å². The van der Waals surface area contributed by atoms with Crippen LogP contribution in [0.5, 0.6) is 0 Å². The first-order chi connectivity index (χ1) is 9.58. The maximum Gasteiger partial charge on any atom is 0.327 e. The topological polar surface area (TPSA) is 73.0 Å². The van der Waals surface area contributed by atoms with Crippen LogP contribution in [-0.2, 0) is 6.54 Å². The van der Waals surface area contributed by atoms with Gasteiger partial charge in [0.1, 0.15) is 11.5 Å². The highest BCUT2D eigenvalue weighted by atomic mass is 19.1. The SMILES string of the molecule is O=[N+]([O-])c1c(F)cc(F)cc1NCCCn1ccnc1. The lowest BCUT2D eigenvalue weighted by atomic mass is 10.2. The van der Waals surface area contributed by atoms with Crippen molar-refractivity contribution in [2.75, 3.05) is 11.9 Å². The minimum atomic E-state index is -1.19. The van der Waals surface area contributed by atoms with Crippen LogP contribution in [0.25, 0.3) is 0 Å². The molecule has 0 saturated heterocycles. The number of nitrogens with zero attached hydrogens (tertiary/aromatic N) is 3. The molecule has 8 heteroatoms. The molecule has 0 aliphatic carbocycles. The van der Waals surface area contributed by atoms with Gasteiger partial charge in [-0.3, -0.25) is 10.1 Å². The second kappa shape index (κ2) is 6.09. The highest BCUT2D eigenvalue weighted by Gasteiger charge is 2.21. The molecule has 1 aromatic carbocycles. The van der Waals surface area contributed by atoms with Gasteiger partial charge in [0.25, 0.3) is 0 Å². The predicted molar refractivity (Wildman–Crippen MR) is 68.3 cm³/mol. The molecule has 106 valence electrons. The Hall–Kier alpha value is -2.51. The molecular weight excluding hydrogens is 270 g/mol. The third kappa shape index (κ3) is 3.28. The van der Waals surface area contributed by atoms with Gasteiger partial charge in [0, 0.05) is 37.6 Å². The monoisotopic (exact) mass is 282 g/mol. The molecule has 0 atom stereocenters. The average molecular weight is 282 g/mol. The van der Waals surface area contributed by atoms with Crippen LogP contribution >= 0.6 is 0 Å². The molecule has 0 aliphatic rings. The molecule has 2 aromatic rings. The van der Waals surface area contributed by atoms with E-state index in [2.05, 4.69) is 10.3 Å². The van der Waals surface area contributed by atoms with E-state index in [-0.39, 0.29) is 5.69 Å². The summed E-state index contributed by atoms with van der Waals surface area (Å²) >= 11 is 0. The summed E-state index contributed by atoms with van der Waals surface area (Å²) in [5.41, 5.74) is -0.896. The average Bonchev–Trinajstić information content (AvgIpc) is 2.86. The highest BCUT2D eigenvalue weighted by Crippen LogP contribution is 2.28. The van der Waals surface area contributed by atoms with Gasteiger partial charge in [-0.1, -0.05) is 0 Å². The van der Waals surface area contributed by atoms with Crippen molar-refractivity contribution in [3.05, 3.63) is 52.6 Å². The van der Waals surface area contributed by atoms with E-state index in [0.29, 0.717) is 25.6 Å². The molecule has 0 fully saturated rings. The number of nitrogens with one attached hydrogen (secondary N) is 1. The number of nitro groups is 1. The summed E-state index contributed by atoms with van der Waals surface area (Å²) in [4.78, 5) is 13.8. The quantitative estimate of drug-likeness (QED) is 0.502. The number of hydrogen-bond acceptors (Lipinski definition) is 4. The third-order valence-corrected chi connectivity index (χ3v) is 2.68. The Kier molecular flexibility index (Phi) is 4.24. The third-order valence-electron chi connectivity index (χ3n) is 2.68. The van der Waals surface area contributed by atoms with Crippen molar-refractivity contribution < 1.29 is 13.7 Å². The molecular formula is C12H12F2N4O2. The summed E-state index contributed by atoms with van der Waals surface area (Å²) in [5.74, 6) is -2.04. The molecule has 0 unspecified atom stereocenters. The summed E-state index contributed by atoms with van der Waals surface area (Å²) in [6, 6.07) is 1.41. The van der Waals surface area contributed by atoms with Crippen molar-refractivity contribution in [2.45, 2.75) is 13.0 Å². The number of anilines is 1.